The first-order valence-electron chi connectivity index (χ1n) is 3.82. The quantitative estimate of drug-likeness (QED) is 0.361. The third kappa shape index (κ3) is 2.71. The standard InChI is InChI=1S/C8H7N3O3/c9-3-1-2-7(12)6-10-11-4-5-14-8(11)13/h1-2,6H,4-5H2/b2-1+,10-6+. The molecule has 0 N–H and O–H groups in total. The first kappa shape index (κ1) is 9.92. The summed E-state index contributed by atoms with van der Waals surface area (Å²) in [7, 11) is 0. The van der Waals surface area contributed by atoms with Crippen molar-refractivity contribution in [2.75, 3.05) is 13.2 Å². The largest absolute Gasteiger partial charge is 0.446 e. The van der Waals surface area contributed by atoms with Gasteiger partial charge < -0.3 is 4.74 Å². The van der Waals surface area contributed by atoms with Crippen LogP contribution in [0.25, 0.3) is 0 Å². The van der Waals surface area contributed by atoms with Crippen LogP contribution < -0.4 is 0 Å². The van der Waals surface area contributed by atoms with Gasteiger partial charge in [0.15, 0.2) is 5.78 Å². The molecule has 0 spiro atoms. The van der Waals surface area contributed by atoms with Gasteiger partial charge in [0.05, 0.1) is 18.8 Å². The van der Waals surface area contributed by atoms with E-state index in [2.05, 4.69) is 9.84 Å². The molecular weight excluding hydrogens is 186 g/mol. The summed E-state index contributed by atoms with van der Waals surface area (Å²) in [6, 6.07) is 1.67. The molecule has 72 valence electrons. The molecule has 1 fully saturated rings. The lowest BCUT2D eigenvalue weighted by Gasteiger charge is -2.01. The van der Waals surface area contributed by atoms with E-state index >= 15 is 0 Å². The zero-order chi connectivity index (χ0) is 10.4. The van der Waals surface area contributed by atoms with Crippen LogP contribution in [0.1, 0.15) is 0 Å². The minimum atomic E-state index is -0.571. The fourth-order valence-corrected chi connectivity index (χ4v) is 0.779. The van der Waals surface area contributed by atoms with Gasteiger partial charge >= 0.3 is 6.09 Å². The van der Waals surface area contributed by atoms with Gasteiger partial charge in [0.25, 0.3) is 0 Å². The van der Waals surface area contributed by atoms with Gasteiger partial charge in [-0.05, 0) is 6.08 Å². The molecule has 0 aromatic carbocycles. The highest BCUT2D eigenvalue weighted by atomic mass is 16.6. The summed E-state index contributed by atoms with van der Waals surface area (Å²) in [5.41, 5.74) is 0. The molecule has 1 aliphatic heterocycles. The maximum atomic E-state index is 10.9. The summed E-state index contributed by atoms with van der Waals surface area (Å²) < 4.78 is 4.57. The molecule has 1 aliphatic rings. The Bertz CT molecular complexity index is 340. The molecule has 1 heterocycles. The number of hydrazone groups is 1. The highest BCUT2D eigenvalue weighted by molar-refractivity contribution is 6.32. The smallest absolute Gasteiger partial charge is 0.430 e. The normalized spacial score (nSPS) is 16.2. The maximum Gasteiger partial charge on any atom is 0.430 e. The Hall–Kier alpha value is -2.16. The average Bonchev–Trinajstić information content (AvgIpc) is 2.58. The van der Waals surface area contributed by atoms with Crippen molar-refractivity contribution in [2.24, 2.45) is 5.10 Å². The van der Waals surface area contributed by atoms with Crippen LogP contribution in [0.4, 0.5) is 4.79 Å². The number of cyclic esters (lactones) is 1. The summed E-state index contributed by atoms with van der Waals surface area (Å²) in [4.78, 5) is 21.7. The molecule has 6 heteroatoms. The van der Waals surface area contributed by atoms with E-state index in [0.29, 0.717) is 6.54 Å². The minimum absolute atomic E-state index is 0.276. The lowest BCUT2D eigenvalue weighted by molar-refractivity contribution is -0.108. The van der Waals surface area contributed by atoms with E-state index in [-0.39, 0.29) is 6.61 Å². The molecule has 14 heavy (non-hydrogen) atoms. The molecule has 0 atom stereocenters. The van der Waals surface area contributed by atoms with Crippen LogP contribution in [0.15, 0.2) is 17.3 Å². The van der Waals surface area contributed by atoms with Crippen LogP contribution in [0.3, 0.4) is 0 Å². The summed E-state index contributed by atoms with van der Waals surface area (Å²) in [6.07, 6.45) is 2.49. The van der Waals surface area contributed by atoms with E-state index in [9.17, 15) is 9.59 Å². The summed E-state index contributed by atoms with van der Waals surface area (Å²) >= 11 is 0. The Kier molecular flexibility index (Phi) is 3.38. The van der Waals surface area contributed by atoms with E-state index < -0.39 is 11.9 Å². The molecule has 6 nitrogen and oxygen atoms in total. The van der Waals surface area contributed by atoms with Gasteiger partial charge in [0, 0.05) is 6.08 Å². The number of ether oxygens (including phenoxy) is 1. The molecule has 0 unspecified atom stereocenters. The van der Waals surface area contributed by atoms with Gasteiger partial charge in [-0.3, -0.25) is 4.79 Å². The summed E-state index contributed by atoms with van der Waals surface area (Å²) in [5, 5.41) is 12.7. The average molecular weight is 193 g/mol. The first-order chi connectivity index (χ1) is 6.74. The zero-order valence-corrected chi connectivity index (χ0v) is 7.21. The van der Waals surface area contributed by atoms with E-state index in [4.69, 9.17) is 5.26 Å². The fraction of sp³-hybridized carbons (Fsp3) is 0.250. The van der Waals surface area contributed by atoms with Gasteiger partial charge in [0.1, 0.15) is 6.61 Å². The predicted molar refractivity (Wildman–Crippen MR) is 46.3 cm³/mol. The molecule has 0 saturated carbocycles. The zero-order valence-electron chi connectivity index (χ0n) is 7.21. The fourth-order valence-electron chi connectivity index (χ4n) is 0.779. The van der Waals surface area contributed by atoms with E-state index in [1.54, 1.807) is 6.07 Å². The topological polar surface area (TPSA) is 82.8 Å². The molecular formula is C8H7N3O3. The number of hydrogen-bond donors (Lipinski definition) is 0. The van der Waals surface area contributed by atoms with Crippen LogP contribution in [0, 0.1) is 11.3 Å². The van der Waals surface area contributed by atoms with E-state index in [1.165, 1.54) is 0 Å². The number of ketones is 1. The van der Waals surface area contributed by atoms with E-state index in [1.807, 2.05) is 0 Å². The van der Waals surface area contributed by atoms with Gasteiger partial charge in [-0.25, -0.2) is 4.79 Å². The molecule has 0 aromatic heterocycles. The molecule has 1 saturated heterocycles. The van der Waals surface area contributed by atoms with Crippen molar-refractivity contribution < 1.29 is 14.3 Å². The van der Waals surface area contributed by atoms with Crippen molar-refractivity contribution in [2.45, 2.75) is 0 Å². The number of hydrogen-bond acceptors (Lipinski definition) is 5. The number of rotatable bonds is 3. The monoisotopic (exact) mass is 193 g/mol. The Morgan fingerprint density at radius 1 is 1.71 bits per heavy atom. The van der Waals surface area contributed by atoms with Gasteiger partial charge in [-0.2, -0.15) is 15.4 Å². The van der Waals surface area contributed by atoms with Gasteiger partial charge in [-0.15, -0.1) is 0 Å². The number of allylic oxidation sites excluding steroid dienone is 2. The van der Waals surface area contributed by atoms with Gasteiger partial charge in [-0.1, -0.05) is 0 Å². The van der Waals surface area contributed by atoms with Crippen molar-refractivity contribution in [3.8, 4) is 6.07 Å². The number of nitriles is 1. The van der Waals surface area contributed by atoms with Crippen LogP contribution in [0.5, 0.6) is 0 Å². The summed E-state index contributed by atoms with van der Waals surface area (Å²) in [5.74, 6) is -0.453. The third-order valence-electron chi connectivity index (χ3n) is 1.39. The van der Waals surface area contributed by atoms with Gasteiger partial charge in [0.2, 0.25) is 0 Å². The second-order valence-corrected chi connectivity index (χ2v) is 2.35. The maximum absolute atomic E-state index is 10.9. The predicted octanol–water partition coefficient (Wildman–Crippen LogP) is 0.0733. The minimum Gasteiger partial charge on any atom is -0.446 e. The van der Waals surface area contributed by atoms with Crippen LogP contribution in [-0.4, -0.2) is 36.3 Å². The van der Waals surface area contributed by atoms with Crippen LogP contribution >= 0.6 is 0 Å². The number of amides is 1. The van der Waals surface area contributed by atoms with Crippen molar-refractivity contribution >= 4 is 18.1 Å². The highest BCUT2D eigenvalue weighted by Crippen LogP contribution is 2.02. The van der Waals surface area contributed by atoms with Crippen molar-refractivity contribution in [3.05, 3.63) is 12.2 Å². The second-order valence-electron chi connectivity index (χ2n) is 2.35. The third-order valence-corrected chi connectivity index (χ3v) is 1.39. The Morgan fingerprint density at radius 3 is 3.07 bits per heavy atom. The van der Waals surface area contributed by atoms with Crippen molar-refractivity contribution in [3.63, 3.8) is 0 Å². The molecule has 0 bridgehead atoms. The Labute approximate surface area is 80.1 Å². The number of carbonyl (C=O) groups is 2. The van der Waals surface area contributed by atoms with Crippen LogP contribution in [-0.2, 0) is 9.53 Å². The molecule has 1 amide bonds. The number of nitrogens with zero attached hydrogens (tertiary/aromatic N) is 3. The summed E-state index contributed by atoms with van der Waals surface area (Å²) in [6.45, 7) is 0.614. The molecule has 0 radical (unpaired) electrons. The molecule has 0 aliphatic carbocycles. The Morgan fingerprint density at radius 2 is 2.50 bits per heavy atom. The molecule has 1 rings (SSSR count). The van der Waals surface area contributed by atoms with Crippen molar-refractivity contribution in [1.29, 1.82) is 5.26 Å². The lowest BCUT2D eigenvalue weighted by Crippen LogP contribution is -2.18. The number of carbonyl (C=O) groups excluding carboxylic acids is 2. The first-order valence-corrected chi connectivity index (χ1v) is 3.82. The van der Waals surface area contributed by atoms with E-state index in [0.717, 1.165) is 23.4 Å². The van der Waals surface area contributed by atoms with Crippen LogP contribution in [0.2, 0.25) is 0 Å². The molecule has 0 aromatic rings. The second kappa shape index (κ2) is 4.77. The van der Waals surface area contributed by atoms with Crippen molar-refractivity contribution in [1.82, 2.24) is 5.01 Å². The SMILES string of the molecule is N#C/C=C/C(=O)/C=N/N1CCOC1=O. The highest BCUT2D eigenvalue weighted by Gasteiger charge is 2.20. The Balaban J connectivity index is 2.47. The lowest BCUT2D eigenvalue weighted by atomic mass is 10.4.